The highest BCUT2D eigenvalue weighted by Gasteiger charge is 2.30. The lowest BCUT2D eigenvalue weighted by Crippen LogP contribution is -2.48. The van der Waals surface area contributed by atoms with Crippen molar-refractivity contribution in [3.05, 3.63) is 82.9 Å². The normalized spacial score (nSPS) is 16.1. The zero-order valence-electron chi connectivity index (χ0n) is 21.6. The minimum Gasteiger partial charge on any atom is -0.345 e. The van der Waals surface area contributed by atoms with Gasteiger partial charge in [-0.15, -0.1) is 0 Å². The van der Waals surface area contributed by atoms with Gasteiger partial charge in [-0.05, 0) is 85.8 Å². The van der Waals surface area contributed by atoms with E-state index in [2.05, 4.69) is 30.9 Å². The van der Waals surface area contributed by atoms with E-state index in [0.29, 0.717) is 38.3 Å². The van der Waals surface area contributed by atoms with Crippen molar-refractivity contribution in [3.8, 4) is 0 Å². The highest BCUT2D eigenvalue weighted by atomic mass is 32.2. The SMILES string of the molecule is Cc1cc2nc(N3CCN(C(=O)c4ccc(S(=O)(=O)N5CCCc6ccccc65)cc4)CC3)sc2cc1C. The molecule has 0 aliphatic carbocycles. The lowest BCUT2D eigenvalue weighted by atomic mass is 10.0. The lowest BCUT2D eigenvalue weighted by Gasteiger charge is -2.34. The van der Waals surface area contributed by atoms with E-state index < -0.39 is 10.0 Å². The van der Waals surface area contributed by atoms with Crippen molar-refractivity contribution < 1.29 is 13.2 Å². The summed E-state index contributed by atoms with van der Waals surface area (Å²) >= 11 is 1.69. The Kier molecular flexibility index (Phi) is 6.36. The summed E-state index contributed by atoms with van der Waals surface area (Å²) in [6.07, 6.45) is 1.66. The average Bonchev–Trinajstić information content (AvgIpc) is 3.35. The van der Waals surface area contributed by atoms with Gasteiger partial charge in [-0.25, -0.2) is 13.4 Å². The number of rotatable bonds is 4. The van der Waals surface area contributed by atoms with Crippen LogP contribution in [0.2, 0.25) is 0 Å². The zero-order valence-corrected chi connectivity index (χ0v) is 23.2. The van der Waals surface area contributed by atoms with Crippen molar-refractivity contribution in [2.45, 2.75) is 31.6 Å². The number of nitrogens with zero attached hydrogens (tertiary/aromatic N) is 4. The van der Waals surface area contributed by atoms with E-state index in [0.717, 1.165) is 34.7 Å². The molecule has 6 rings (SSSR count). The largest absolute Gasteiger partial charge is 0.345 e. The monoisotopic (exact) mass is 546 g/mol. The molecule has 2 aliphatic rings. The van der Waals surface area contributed by atoms with Gasteiger partial charge in [-0.3, -0.25) is 9.10 Å². The molecule has 1 amide bonds. The number of benzene rings is 3. The number of amides is 1. The van der Waals surface area contributed by atoms with E-state index in [1.807, 2.05) is 29.2 Å². The Morgan fingerprint density at radius 1 is 0.895 bits per heavy atom. The molecule has 4 aromatic rings. The molecule has 3 aromatic carbocycles. The summed E-state index contributed by atoms with van der Waals surface area (Å²) in [5.41, 5.74) is 5.82. The van der Waals surface area contributed by atoms with Crippen molar-refractivity contribution in [1.29, 1.82) is 0 Å². The number of piperazine rings is 1. The molecule has 196 valence electrons. The van der Waals surface area contributed by atoms with E-state index in [9.17, 15) is 13.2 Å². The van der Waals surface area contributed by atoms with Gasteiger partial charge in [0.15, 0.2) is 5.13 Å². The van der Waals surface area contributed by atoms with Gasteiger partial charge in [-0.1, -0.05) is 29.5 Å². The smallest absolute Gasteiger partial charge is 0.264 e. The first-order valence-electron chi connectivity index (χ1n) is 12.9. The number of hydrogen-bond donors (Lipinski definition) is 0. The number of thiazole rings is 1. The summed E-state index contributed by atoms with van der Waals surface area (Å²) < 4.78 is 29.5. The molecule has 0 atom stereocenters. The lowest BCUT2D eigenvalue weighted by molar-refractivity contribution is 0.0746. The number of fused-ring (bicyclic) bond motifs is 2. The molecule has 2 aliphatic heterocycles. The highest BCUT2D eigenvalue weighted by Crippen LogP contribution is 2.33. The maximum absolute atomic E-state index is 13.4. The van der Waals surface area contributed by atoms with E-state index in [1.165, 1.54) is 20.1 Å². The first-order chi connectivity index (χ1) is 18.3. The van der Waals surface area contributed by atoms with Crippen LogP contribution in [0.4, 0.5) is 10.8 Å². The van der Waals surface area contributed by atoms with Gasteiger partial charge >= 0.3 is 0 Å². The molecule has 0 N–H and O–H groups in total. The Bertz CT molecular complexity index is 1580. The Balaban J connectivity index is 1.13. The van der Waals surface area contributed by atoms with Crippen LogP contribution in [0.15, 0.2) is 65.6 Å². The Hall–Kier alpha value is -3.43. The van der Waals surface area contributed by atoms with Crippen LogP contribution in [0, 0.1) is 13.8 Å². The number of aromatic nitrogens is 1. The van der Waals surface area contributed by atoms with Gasteiger partial charge in [0.05, 0.1) is 20.8 Å². The van der Waals surface area contributed by atoms with Crippen LogP contribution >= 0.6 is 11.3 Å². The van der Waals surface area contributed by atoms with Gasteiger partial charge < -0.3 is 9.80 Å². The number of anilines is 2. The van der Waals surface area contributed by atoms with Crippen molar-refractivity contribution in [1.82, 2.24) is 9.88 Å². The number of para-hydroxylation sites is 1. The first-order valence-corrected chi connectivity index (χ1v) is 15.2. The molecular formula is C29H30N4O3S2. The summed E-state index contributed by atoms with van der Waals surface area (Å²) in [5, 5.41) is 0.992. The van der Waals surface area contributed by atoms with Crippen molar-refractivity contribution in [2.24, 2.45) is 0 Å². The van der Waals surface area contributed by atoms with E-state index >= 15 is 0 Å². The van der Waals surface area contributed by atoms with Crippen LogP contribution in [-0.4, -0.2) is 56.9 Å². The fourth-order valence-electron chi connectivity index (χ4n) is 5.23. The van der Waals surface area contributed by atoms with Gasteiger partial charge in [0.2, 0.25) is 0 Å². The number of carbonyl (C=O) groups excluding carboxylic acids is 1. The summed E-state index contributed by atoms with van der Waals surface area (Å²) in [7, 11) is -3.70. The van der Waals surface area contributed by atoms with Crippen molar-refractivity contribution in [2.75, 3.05) is 41.9 Å². The molecule has 3 heterocycles. The van der Waals surface area contributed by atoms with Crippen molar-refractivity contribution in [3.63, 3.8) is 0 Å². The summed E-state index contributed by atoms with van der Waals surface area (Å²) in [6, 6.07) is 18.4. The highest BCUT2D eigenvalue weighted by molar-refractivity contribution is 7.92. The molecule has 7 nitrogen and oxygen atoms in total. The third kappa shape index (κ3) is 4.43. The Labute approximate surface area is 227 Å². The van der Waals surface area contributed by atoms with Crippen LogP contribution in [0.1, 0.15) is 33.5 Å². The average molecular weight is 547 g/mol. The quantitative estimate of drug-likeness (QED) is 0.360. The van der Waals surface area contributed by atoms with Crippen LogP contribution in [0.3, 0.4) is 0 Å². The van der Waals surface area contributed by atoms with Gasteiger partial charge in [0, 0.05) is 38.3 Å². The van der Waals surface area contributed by atoms with Gasteiger partial charge in [0.25, 0.3) is 15.9 Å². The minimum atomic E-state index is -3.70. The third-order valence-corrected chi connectivity index (χ3v) is 10.5. The number of carbonyl (C=O) groups is 1. The molecule has 1 saturated heterocycles. The molecule has 1 aromatic heterocycles. The molecule has 0 saturated carbocycles. The van der Waals surface area contributed by atoms with Crippen LogP contribution < -0.4 is 9.21 Å². The summed E-state index contributed by atoms with van der Waals surface area (Å²) in [5.74, 6) is -0.0764. The molecule has 1 fully saturated rings. The van der Waals surface area contributed by atoms with Crippen LogP contribution in [0.5, 0.6) is 0 Å². The third-order valence-electron chi connectivity index (χ3n) is 7.59. The van der Waals surface area contributed by atoms with E-state index in [-0.39, 0.29) is 10.8 Å². The topological polar surface area (TPSA) is 73.8 Å². The van der Waals surface area contributed by atoms with Crippen LogP contribution in [-0.2, 0) is 16.4 Å². The fourth-order valence-corrected chi connectivity index (χ4v) is 7.87. The van der Waals surface area contributed by atoms with Crippen molar-refractivity contribution >= 4 is 48.3 Å². The van der Waals surface area contributed by atoms with E-state index in [4.69, 9.17) is 4.98 Å². The maximum Gasteiger partial charge on any atom is 0.264 e. The second kappa shape index (κ2) is 9.71. The molecule has 0 unspecified atom stereocenters. The number of hydrogen-bond acceptors (Lipinski definition) is 6. The predicted octanol–water partition coefficient (Wildman–Crippen LogP) is 5.02. The summed E-state index contributed by atoms with van der Waals surface area (Å²) in [6.45, 7) is 7.29. The molecule has 0 radical (unpaired) electrons. The zero-order chi connectivity index (χ0) is 26.4. The maximum atomic E-state index is 13.4. The van der Waals surface area contributed by atoms with Gasteiger partial charge in [0.1, 0.15) is 0 Å². The van der Waals surface area contributed by atoms with E-state index in [1.54, 1.807) is 35.6 Å². The minimum absolute atomic E-state index is 0.0764. The molecule has 9 heteroatoms. The van der Waals surface area contributed by atoms with Gasteiger partial charge in [-0.2, -0.15) is 0 Å². The fraction of sp³-hybridized carbons (Fsp3) is 0.310. The predicted molar refractivity (Wildman–Crippen MR) is 153 cm³/mol. The standard InChI is InChI=1S/C29H30N4O3S2/c1-20-18-25-27(19-21(20)2)37-29(30-25)32-16-14-31(15-17-32)28(34)23-9-11-24(12-10-23)38(35,36)33-13-5-7-22-6-3-4-8-26(22)33/h3-4,6,8-12,18-19H,5,7,13-17H2,1-2H3. The summed E-state index contributed by atoms with van der Waals surface area (Å²) in [4.78, 5) is 22.3. The Morgan fingerprint density at radius 3 is 2.37 bits per heavy atom. The second-order valence-electron chi connectivity index (χ2n) is 10.0. The number of sulfonamides is 1. The number of aryl methyl sites for hydroxylation is 3. The molecular weight excluding hydrogens is 516 g/mol. The second-order valence-corrected chi connectivity index (χ2v) is 12.9. The van der Waals surface area contributed by atoms with Crippen LogP contribution in [0.25, 0.3) is 10.2 Å². The Morgan fingerprint density at radius 2 is 1.61 bits per heavy atom. The first kappa shape index (κ1) is 24.9. The molecule has 0 spiro atoms. The molecule has 0 bridgehead atoms. The molecule has 38 heavy (non-hydrogen) atoms.